The topological polar surface area (TPSA) is 75.6 Å². The van der Waals surface area contributed by atoms with Crippen LogP contribution in [0, 0.1) is 0 Å². The molecule has 1 heterocycles. The number of benzene rings is 1. The van der Waals surface area contributed by atoms with E-state index in [0.29, 0.717) is 12.5 Å². The normalized spacial score (nSPS) is 17.3. The zero-order valence-corrected chi connectivity index (χ0v) is 11.8. The third kappa shape index (κ3) is 4.83. The molecule has 0 aromatic heterocycles. The molecule has 110 valence electrons. The zero-order valence-electron chi connectivity index (χ0n) is 11.0. The van der Waals surface area contributed by atoms with Gasteiger partial charge in [-0.15, -0.1) is 12.4 Å². The van der Waals surface area contributed by atoms with Gasteiger partial charge < -0.3 is 15.2 Å². The van der Waals surface area contributed by atoms with Crippen molar-refractivity contribution in [3.05, 3.63) is 29.8 Å². The van der Waals surface area contributed by atoms with E-state index >= 15 is 0 Å². The van der Waals surface area contributed by atoms with E-state index in [9.17, 15) is 9.59 Å². The number of halogens is 1. The van der Waals surface area contributed by atoms with Crippen LogP contribution in [-0.2, 0) is 4.79 Å². The Labute approximate surface area is 123 Å². The molecule has 1 unspecified atom stereocenters. The summed E-state index contributed by atoms with van der Waals surface area (Å²) in [7, 11) is 0. The number of carboxylic acids is 1. The van der Waals surface area contributed by atoms with Crippen LogP contribution in [0.25, 0.3) is 0 Å². The summed E-state index contributed by atoms with van der Waals surface area (Å²) in [5.74, 6) is -1.08. The van der Waals surface area contributed by atoms with E-state index in [2.05, 4.69) is 5.32 Å². The van der Waals surface area contributed by atoms with Crippen molar-refractivity contribution in [1.82, 2.24) is 5.32 Å². The van der Waals surface area contributed by atoms with Gasteiger partial charge in [0, 0.05) is 12.5 Å². The number of rotatable bonds is 5. The van der Waals surface area contributed by atoms with Gasteiger partial charge in [-0.3, -0.25) is 4.79 Å². The van der Waals surface area contributed by atoms with Crippen molar-refractivity contribution in [3.63, 3.8) is 0 Å². The lowest BCUT2D eigenvalue weighted by Gasteiger charge is -2.09. The van der Waals surface area contributed by atoms with Gasteiger partial charge in [0.25, 0.3) is 0 Å². The predicted octanol–water partition coefficient (Wildman–Crippen LogP) is 2.24. The van der Waals surface area contributed by atoms with Crippen LogP contribution in [0.4, 0.5) is 0 Å². The molecular weight excluding hydrogens is 282 g/mol. The smallest absolute Gasteiger partial charge is 0.335 e. The summed E-state index contributed by atoms with van der Waals surface area (Å²) in [6, 6.07) is 6.36. The van der Waals surface area contributed by atoms with Crippen LogP contribution in [-0.4, -0.2) is 29.6 Å². The quantitative estimate of drug-likeness (QED) is 0.644. The molecule has 0 aliphatic carbocycles. The number of carboxylic acid groups (broad SMARTS) is 1. The van der Waals surface area contributed by atoms with Crippen molar-refractivity contribution in [2.75, 3.05) is 6.54 Å². The Hall–Kier alpha value is -1.59. The molecule has 0 spiro atoms. The third-order valence-corrected chi connectivity index (χ3v) is 3.17. The maximum absolute atomic E-state index is 11.7. The first-order valence-corrected chi connectivity index (χ1v) is 6.42. The Morgan fingerprint density at radius 1 is 1.40 bits per heavy atom. The molecule has 6 heteroatoms. The minimum atomic E-state index is -1.03. The van der Waals surface area contributed by atoms with E-state index in [4.69, 9.17) is 9.84 Å². The van der Waals surface area contributed by atoms with Gasteiger partial charge in [0.05, 0.1) is 5.56 Å². The summed E-state index contributed by atoms with van der Waals surface area (Å²) < 4.78 is 5.13. The van der Waals surface area contributed by atoms with Crippen LogP contribution in [0.3, 0.4) is 0 Å². The van der Waals surface area contributed by atoms with E-state index < -0.39 is 5.97 Å². The molecule has 1 aromatic rings. The molecule has 0 saturated carbocycles. The Morgan fingerprint density at radius 2 is 2.20 bits per heavy atom. The maximum Gasteiger partial charge on any atom is 0.335 e. The monoisotopic (exact) mass is 299 g/mol. The van der Waals surface area contributed by atoms with E-state index in [1.54, 1.807) is 12.1 Å². The zero-order chi connectivity index (χ0) is 13.7. The molecule has 1 aromatic carbocycles. The van der Waals surface area contributed by atoms with Crippen LogP contribution >= 0.6 is 12.4 Å². The van der Waals surface area contributed by atoms with Gasteiger partial charge in [-0.05, 0) is 44.0 Å². The van der Waals surface area contributed by atoms with Gasteiger partial charge in [-0.2, -0.15) is 0 Å². The first kappa shape index (κ1) is 16.5. The Balaban J connectivity index is 0.00000200. The van der Waals surface area contributed by atoms with Crippen molar-refractivity contribution in [1.29, 1.82) is 0 Å². The standard InChI is InChI=1S/C14H17NO4.ClH/c16-13(7-6-11-4-2-8-15-11)19-12-5-1-3-10(9-12)14(17)18;/h1,3,5,9,11,15H,2,4,6-8H2,(H,17,18);1H. The highest BCUT2D eigenvalue weighted by Gasteiger charge is 2.16. The fourth-order valence-corrected chi connectivity index (χ4v) is 2.17. The summed E-state index contributed by atoms with van der Waals surface area (Å²) in [6.07, 6.45) is 3.36. The molecule has 1 atom stereocenters. The summed E-state index contributed by atoms with van der Waals surface area (Å²) in [5, 5.41) is 12.2. The highest BCUT2D eigenvalue weighted by atomic mass is 35.5. The second-order valence-electron chi connectivity index (χ2n) is 4.64. The van der Waals surface area contributed by atoms with Gasteiger partial charge in [-0.25, -0.2) is 4.79 Å². The van der Waals surface area contributed by atoms with Gasteiger partial charge in [0.15, 0.2) is 0 Å². The van der Waals surface area contributed by atoms with Crippen molar-refractivity contribution >= 4 is 24.3 Å². The van der Waals surface area contributed by atoms with Crippen molar-refractivity contribution in [3.8, 4) is 5.75 Å². The number of hydrogen-bond donors (Lipinski definition) is 2. The third-order valence-electron chi connectivity index (χ3n) is 3.17. The Bertz CT molecular complexity index is 472. The van der Waals surface area contributed by atoms with E-state index in [-0.39, 0.29) is 29.7 Å². The molecule has 2 rings (SSSR count). The molecule has 1 aliphatic rings. The SMILES string of the molecule is Cl.O=C(CCC1CCCN1)Oc1cccc(C(=O)O)c1. The Kier molecular flexibility index (Phi) is 6.48. The predicted molar refractivity (Wildman–Crippen MR) is 76.5 cm³/mol. The second-order valence-corrected chi connectivity index (χ2v) is 4.64. The molecule has 1 fully saturated rings. The van der Waals surface area contributed by atoms with Crippen molar-refractivity contribution in [2.45, 2.75) is 31.7 Å². The molecule has 1 aliphatic heterocycles. The molecule has 20 heavy (non-hydrogen) atoms. The first-order chi connectivity index (χ1) is 9.15. The molecule has 0 bridgehead atoms. The van der Waals surface area contributed by atoms with E-state index in [1.807, 2.05) is 0 Å². The fourth-order valence-electron chi connectivity index (χ4n) is 2.17. The van der Waals surface area contributed by atoms with E-state index in [1.165, 1.54) is 12.1 Å². The van der Waals surface area contributed by atoms with Crippen molar-refractivity contribution in [2.24, 2.45) is 0 Å². The number of ether oxygens (including phenoxy) is 1. The van der Waals surface area contributed by atoms with Crippen LogP contribution in [0.15, 0.2) is 24.3 Å². The molecule has 0 amide bonds. The first-order valence-electron chi connectivity index (χ1n) is 6.42. The summed E-state index contributed by atoms with van der Waals surface area (Å²) in [6.45, 7) is 1.01. The van der Waals surface area contributed by atoms with Crippen LogP contribution < -0.4 is 10.1 Å². The lowest BCUT2D eigenvalue weighted by Crippen LogP contribution is -2.23. The molecular formula is C14H18ClNO4. The van der Waals surface area contributed by atoms with Crippen LogP contribution in [0.2, 0.25) is 0 Å². The van der Waals surface area contributed by atoms with E-state index in [0.717, 1.165) is 25.8 Å². The minimum Gasteiger partial charge on any atom is -0.478 e. The number of hydrogen-bond acceptors (Lipinski definition) is 4. The Morgan fingerprint density at radius 3 is 2.85 bits per heavy atom. The molecule has 5 nitrogen and oxygen atoms in total. The molecule has 2 N–H and O–H groups in total. The molecule has 1 saturated heterocycles. The van der Waals surface area contributed by atoms with Gasteiger partial charge >= 0.3 is 11.9 Å². The highest BCUT2D eigenvalue weighted by Crippen LogP contribution is 2.16. The number of carbonyl (C=O) groups is 2. The number of esters is 1. The van der Waals surface area contributed by atoms with Gasteiger partial charge in [0.2, 0.25) is 0 Å². The largest absolute Gasteiger partial charge is 0.478 e. The summed E-state index contributed by atoms with van der Waals surface area (Å²) in [5.41, 5.74) is 0.114. The lowest BCUT2D eigenvalue weighted by atomic mass is 10.1. The van der Waals surface area contributed by atoms with Crippen LogP contribution in [0.5, 0.6) is 5.75 Å². The summed E-state index contributed by atoms with van der Waals surface area (Å²) >= 11 is 0. The maximum atomic E-state index is 11.7. The minimum absolute atomic E-state index is 0. The van der Waals surface area contributed by atoms with Crippen molar-refractivity contribution < 1.29 is 19.4 Å². The average molecular weight is 300 g/mol. The van der Waals surface area contributed by atoms with Gasteiger partial charge in [0.1, 0.15) is 5.75 Å². The fraction of sp³-hybridized carbons (Fsp3) is 0.429. The lowest BCUT2D eigenvalue weighted by molar-refractivity contribution is -0.134. The number of carbonyl (C=O) groups excluding carboxylic acids is 1. The number of aromatic carboxylic acids is 1. The van der Waals surface area contributed by atoms with Gasteiger partial charge in [-0.1, -0.05) is 6.07 Å². The highest BCUT2D eigenvalue weighted by molar-refractivity contribution is 5.88. The molecule has 0 radical (unpaired) electrons. The summed E-state index contributed by atoms with van der Waals surface area (Å²) in [4.78, 5) is 22.4. The average Bonchev–Trinajstić information content (AvgIpc) is 2.90. The second kappa shape index (κ2) is 7.87. The number of nitrogens with one attached hydrogen (secondary N) is 1. The van der Waals surface area contributed by atoms with Crippen LogP contribution in [0.1, 0.15) is 36.0 Å².